The van der Waals surface area contributed by atoms with E-state index in [1.807, 2.05) is 36.4 Å². The van der Waals surface area contributed by atoms with Crippen molar-refractivity contribution in [3.8, 4) is 0 Å². The summed E-state index contributed by atoms with van der Waals surface area (Å²) in [5.74, 6) is 0. The molecule has 1 aliphatic carbocycles. The summed E-state index contributed by atoms with van der Waals surface area (Å²) in [6.45, 7) is 0. The fourth-order valence-electron chi connectivity index (χ4n) is 1.71. The summed E-state index contributed by atoms with van der Waals surface area (Å²) in [5, 5.41) is 0. The topological polar surface area (TPSA) is 64.4 Å². The first-order chi connectivity index (χ1) is 7.64. The van der Waals surface area contributed by atoms with Gasteiger partial charge in [-0.15, -0.1) is 0 Å². The van der Waals surface area contributed by atoms with Crippen molar-refractivity contribution in [3.05, 3.63) is 47.4 Å². The van der Waals surface area contributed by atoms with Gasteiger partial charge in [-0.2, -0.15) is 0 Å². The van der Waals surface area contributed by atoms with E-state index in [4.69, 9.17) is 11.5 Å². The second kappa shape index (κ2) is 3.31. The number of hydrogen-bond acceptors (Lipinski definition) is 4. The third-order valence-corrected chi connectivity index (χ3v) is 3.60. The zero-order chi connectivity index (χ0) is 11.2. The lowest BCUT2D eigenvalue weighted by Gasteiger charge is -2.25. The Kier molecular flexibility index (Phi) is 2.04. The summed E-state index contributed by atoms with van der Waals surface area (Å²) in [7, 11) is 0. The van der Waals surface area contributed by atoms with Crippen molar-refractivity contribution < 1.29 is 0 Å². The molecule has 3 nitrogen and oxygen atoms in total. The molecule has 1 heterocycles. The van der Waals surface area contributed by atoms with E-state index >= 15 is 0 Å². The Morgan fingerprint density at radius 2 is 2.00 bits per heavy atom. The van der Waals surface area contributed by atoms with E-state index in [0.29, 0.717) is 0 Å². The molecule has 3 rings (SSSR count). The van der Waals surface area contributed by atoms with E-state index in [0.717, 1.165) is 21.2 Å². The average molecular weight is 229 g/mol. The highest BCUT2D eigenvalue weighted by molar-refractivity contribution is 8.04. The quantitative estimate of drug-likeness (QED) is 0.668. The molecule has 1 aromatic carbocycles. The molecule has 0 amide bonds. The van der Waals surface area contributed by atoms with Gasteiger partial charge in [0.25, 0.3) is 0 Å². The molecule has 1 aromatic rings. The van der Waals surface area contributed by atoms with Gasteiger partial charge in [-0.25, -0.2) is 4.99 Å². The minimum absolute atomic E-state index is 0.854. The van der Waals surface area contributed by atoms with Crippen LogP contribution in [0.25, 0.3) is 0 Å². The van der Waals surface area contributed by atoms with Gasteiger partial charge in [-0.05, 0) is 30.4 Å². The third-order valence-electron chi connectivity index (χ3n) is 2.49. The van der Waals surface area contributed by atoms with E-state index in [1.165, 1.54) is 0 Å². The summed E-state index contributed by atoms with van der Waals surface area (Å²) < 4.78 is 0. The molecule has 0 bridgehead atoms. The molecule has 1 aliphatic heterocycles. The monoisotopic (exact) mass is 229 g/mol. The number of benzene rings is 1. The van der Waals surface area contributed by atoms with Crippen LogP contribution in [0.4, 0.5) is 5.69 Å². The van der Waals surface area contributed by atoms with Gasteiger partial charge in [0.15, 0.2) is 0 Å². The minimum Gasteiger partial charge on any atom is -0.307 e. The Hall–Kier alpha value is -1.36. The first-order valence-corrected chi connectivity index (χ1v) is 5.81. The number of rotatable bonds is 0. The van der Waals surface area contributed by atoms with Crippen LogP contribution in [0.3, 0.4) is 0 Å². The summed E-state index contributed by atoms with van der Waals surface area (Å²) in [5.41, 5.74) is 12.8. The lowest BCUT2D eigenvalue weighted by molar-refractivity contribution is 0.691. The van der Waals surface area contributed by atoms with Crippen molar-refractivity contribution >= 4 is 23.2 Å². The van der Waals surface area contributed by atoms with E-state index in [1.54, 1.807) is 17.8 Å². The van der Waals surface area contributed by atoms with Gasteiger partial charge in [0, 0.05) is 9.80 Å². The van der Waals surface area contributed by atoms with Crippen LogP contribution in [0.2, 0.25) is 0 Å². The van der Waals surface area contributed by atoms with Crippen molar-refractivity contribution in [2.75, 3.05) is 0 Å². The predicted molar refractivity (Wildman–Crippen MR) is 67.7 cm³/mol. The number of fused-ring (bicyclic) bond motifs is 2. The Bertz CT molecular complexity index is 541. The molecule has 0 fully saturated rings. The van der Waals surface area contributed by atoms with Crippen LogP contribution in [0.5, 0.6) is 0 Å². The summed E-state index contributed by atoms with van der Waals surface area (Å²) >= 11 is 1.66. The smallest absolute Gasteiger partial charge is 0.104 e. The van der Waals surface area contributed by atoms with E-state index in [9.17, 15) is 0 Å². The van der Waals surface area contributed by atoms with E-state index in [-0.39, 0.29) is 0 Å². The molecule has 16 heavy (non-hydrogen) atoms. The lowest BCUT2D eigenvalue weighted by Crippen LogP contribution is -2.47. The summed E-state index contributed by atoms with van der Waals surface area (Å²) in [6.07, 6.45) is 5.51. The molecule has 0 atom stereocenters. The maximum Gasteiger partial charge on any atom is 0.104 e. The highest BCUT2D eigenvalue weighted by atomic mass is 32.2. The molecule has 0 unspecified atom stereocenters. The number of hydrogen-bond donors (Lipinski definition) is 2. The van der Waals surface area contributed by atoms with Gasteiger partial charge in [-0.3, -0.25) is 0 Å². The van der Waals surface area contributed by atoms with E-state index in [2.05, 4.69) is 4.99 Å². The second-order valence-electron chi connectivity index (χ2n) is 3.91. The zero-order valence-electron chi connectivity index (χ0n) is 8.55. The maximum atomic E-state index is 5.85. The largest absolute Gasteiger partial charge is 0.307 e. The predicted octanol–water partition coefficient (Wildman–Crippen LogP) is 1.93. The molecule has 0 radical (unpaired) electrons. The van der Waals surface area contributed by atoms with Crippen LogP contribution in [-0.2, 0) is 0 Å². The van der Waals surface area contributed by atoms with Crippen LogP contribution in [0.1, 0.15) is 0 Å². The van der Waals surface area contributed by atoms with Crippen LogP contribution >= 0.6 is 11.8 Å². The Morgan fingerprint density at radius 1 is 1.19 bits per heavy atom. The molecular formula is C12H11N3S. The molecule has 80 valence electrons. The molecule has 2 aliphatic rings. The van der Waals surface area contributed by atoms with Crippen molar-refractivity contribution in [2.24, 2.45) is 16.5 Å². The fourth-order valence-corrected chi connectivity index (χ4v) is 2.80. The van der Waals surface area contributed by atoms with Crippen molar-refractivity contribution in [1.82, 2.24) is 0 Å². The second-order valence-corrected chi connectivity index (χ2v) is 4.99. The molecule has 0 aromatic heterocycles. The molecule has 0 spiro atoms. The zero-order valence-corrected chi connectivity index (χ0v) is 9.37. The highest BCUT2D eigenvalue weighted by Gasteiger charge is 2.24. The van der Waals surface area contributed by atoms with Gasteiger partial charge in [-0.1, -0.05) is 23.9 Å². The number of nitrogens with zero attached hydrogens (tertiary/aromatic N) is 1. The summed E-state index contributed by atoms with van der Waals surface area (Å²) in [6, 6.07) is 8.05. The third kappa shape index (κ3) is 1.61. The molecule has 4 heteroatoms. The van der Waals surface area contributed by atoms with Crippen molar-refractivity contribution in [3.63, 3.8) is 0 Å². The molecular weight excluding hydrogens is 218 g/mol. The first kappa shape index (κ1) is 9.84. The van der Waals surface area contributed by atoms with Crippen LogP contribution in [0, 0.1) is 0 Å². The molecule has 4 N–H and O–H groups in total. The van der Waals surface area contributed by atoms with Gasteiger partial charge in [0.05, 0.1) is 11.4 Å². The minimum atomic E-state index is -0.854. The summed E-state index contributed by atoms with van der Waals surface area (Å²) in [4.78, 5) is 6.74. The van der Waals surface area contributed by atoms with Crippen LogP contribution in [0.15, 0.2) is 57.3 Å². The van der Waals surface area contributed by atoms with Gasteiger partial charge in [0.1, 0.15) is 5.66 Å². The SMILES string of the molecule is NC1(N)C=CC2=Nc3ccccc3SC2=C1. The number of aliphatic imine (C=N–C) groups is 1. The fraction of sp³-hybridized carbons (Fsp3) is 0.0833. The number of nitrogens with two attached hydrogens (primary N) is 2. The lowest BCUT2D eigenvalue weighted by atomic mass is 10.0. The molecule has 0 saturated heterocycles. The maximum absolute atomic E-state index is 5.85. The van der Waals surface area contributed by atoms with Gasteiger partial charge < -0.3 is 11.5 Å². The number of thioether (sulfide) groups is 1. The molecule has 0 saturated carbocycles. The number of para-hydroxylation sites is 1. The average Bonchev–Trinajstić information content (AvgIpc) is 2.25. The Balaban J connectivity index is 2.12. The first-order valence-electron chi connectivity index (χ1n) is 5.00. The number of allylic oxidation sites excluding steroid dienone is 2. The van der Waals surface area contributed by atoms with Gasteiger partial charge in [0.2, 0.25) is 0 Å². The Morgan fingerprint density at radius 3 is 2.88 bits per heavy atom. The van der Waals surface area contributed by atoms with Crippen LogP contribution < -0.4 is 11.5 Å². The van der Waals surface area contributed by atoms with Gasteiger partial charge >= 0.3 is 0 Å². The van der Waals surface area contributed by atoms with Crippen molar-refractivity contribution in [2.45, 2.75) is 10.6 Å². The normalized spacial score (nSPS) is 20.6. The van der Waals surface area contributed by atoms with Crippen LogP contribution in [-0.4, -0.2) is 11.4 Å². The Labute approximate surface area is 97.9 Å². The van der Waals surface area contributed by atoms with Crippen molar-refractivity contribution in [1.29, 1.82) is 0 Å². The highest BCUT2D eigenvalue weighted by Crippen LogP contribution is 2.41. The van der Waals surface area contributed by atoms with E-state index < -0.39 is 5.66 Å². The standard InChI is InChI=1S/C12H11N3S/c13-12(14)6-5-9-11(7-12)16-10-4-2-1-3-8(10)15-9/h1-7H,13-14H2.